The van der Waals surface area contributed by atoms with Crippen LogP contribution in [0.2, 0.25) is 5.02 Å². The second kappa shape index (κ2) is 8.85. The molecule has 0 radical (unpaired) electrons. The molecule has 1 aromatic heterocycles. The predicted octanol–water partition coefficient (Wildman–Crippen LogP) is 3.90. The minimum absolute atomic E-state index is 0.110. The van der Waals surface area contributed by atoms with E-state index in [1.54, 1.807) is 41.8 Å². The number of ether oxygens (including phenoxy) is 1. The molecule has 10 heteroatoms. The summed E-state index contributed by atoms with van der Waals surface area (Å²) in [6.07, 6.45) is 0. The summed E-state index contributed by atoms with van der Waals surface area (Å²) in [5, 5.41) is 0.787. The molecule has 0 saturated carbocycles. The van der Waals surface area contributed by atoms with Gasteiger partial charge in [0.1, 0.15) is 20.1 Å². The van der Waals surface area contributed by atoms with E-state index >= 15 is 0 Å². The van der Waals surface area contributed by atoms with Crippen molar-refractivity contribution in [3.8, 4) is 5.75 Å². The highest BCUT2D eigenvalue weighted by Crippen LogP contribution is 2.32. The molecule has 0 aliphatic rings. The maximum absolute atomic E-state index is 13.2. The third kappa shape index (κ3) is 4.81. The fourth-order valence-electron chi connectivity index (χ4n) is 2.76. The lowest BCUT2D eigenvalue weighted by molar-refractivity contribution is 0.402. The zero-order valence-corrected chi connectivity index (χ0v) is 18.5. The third-order valence-electron chi connectivity index (χ3n) is 4.20. The van der Waals surface area contributed by atoms with E-state index in [-0.39, 0.29) is 26.4 Å². The summed E-state index contributed by atoms with van der Waals surface area (Å²) in [6, 6.07) is 15.8. The molecular weight excluding hydrogens is 454 g/mol. The van der Waals surface area contributed by atoms with E-state index in [1.165, 1.54) is 31.4 Å². The quantitative estimate of drug-likeness (QED) is 0.538. The second-order valence-corrected chi connectivity index (χ2v) is 11.5. The lowest BCUT2D eigenvalue weighted by Crippen LogP contribution is -2.32. The lowest BCUT2D eigenvalue weighted by Gasteiger charge is -2.19. The molecule has 2 aromatic carbocycles. The van der Waals surface area contributed by atoms with Crippen LogP contribution in [0.15, 0.2) is 75.1 Å². The lowest BCUT2D eigenvalue weighted by atomic mass is 10.1. The Bertz CT molecular complexity index is 1180. The van der Waals surface area contributed by atoms with Gasteiger partial charge < -0.3 is 4.74 Å². The highest BCUT2D eigenvalue weighted by atomic mass is 35.5. The third-order valence-corrected chi connectivity index (χ3v) is 9.41. The van der Waals surface area contributed by atoms with E-state index in [2.05, 4.69) is 4.72 Å². The molecule has 0 fully saturated rings. The molecule has 0 unspecified atom stereocenters. The highest BCUT2D eigenvalue weighted by molar-refractivity contribution is 7.93. The van der Waals surface area contributed by atoms with E-state index in [1.807, 2.05) is 0 Å². The summed E-state index contributed by atoms with van der Waals surface area (Å²) in [6.45, 7) is -0.345. The number of halogens is 1. The molecule has 0 aliphatic carbocycles. The molecular formula is C19H18ClNO5S3. The average Bonchev–Trinajstić information content (AvgIpc) is 3.24. The summed E-state index contributed by atoms with van der Waals surface area (Å²) in [5.74, 6) is 0.110. The van der Waals surface area contributed by atoms with Crippen LogP contribution in [0.25, 0.3) is 0 Å². The maximum atomic E-state index is 13.2. The Kier molecular flexibility index (Phi) is 6.65. The SMILES string of the molecule is COc1ccc(Cl)cc1S(=O)(=O)NC[C@H](c1ccccc1)S(=O)(=O)c1cccs1. The van der Waals surface area contributed by atoms with E-state index in [4.69, 9.17) is 16.3 Å². The van der Waals surface area contributed by atoms with Crippen LogP contribution in [-0.4, -0.2) is 30.5 Å². The van der Waals surface area contributed by atoms with Crippen molar-refractivity contribution in [2.75, 3.05) is 13.7 Å². The van der Waals surface area contributed by atoms with Crippen LogP contribution < -0.4 is 9.46 Å². The minimum Gasteiger partial charge on any atom is -0.495 e. The topological polar surface area (TPSA) is 89.5 Å². The minimum atomic E-state index is -4.08. The summed E-state index contributed by atoms with van der Waals surface area (Å²) in [7, 11) is -6.54. The van der Waals surface area contributed by atoms with Crippen LogP contribution in [-0.2, 0) is 19.9 Å². The highest BCUT2D eigenvalue weighted by Gasteiger charge is 2.32. The van der Waals surface area contributed by atoms with Crippen molar-refractivity contribution in [1.29, 1.82) is 0 Å². The first-order valence-electron chi connectivity index (χ1n) is 8.41. The molecule has 0 amide bonds. The number of benzene rings is 2. The molecule has 6 nitrogen and oxygen atoms in total. The Morgan fingerprint density at radius 2 is 1.76 bits per heavy atom. The number of sulfonamides is 1. The standard InChI is InChI=1S/C19H18ClNO5S3/c1-26-16-10-9-15(20)12-17(16)29(24,25)21-13-18(14-6-3-2-4-7-14)28(22,23)19-8-5-11-27-19/h2-12,18,21H,13H2,1H3/t18-/m1/s1. The van der Waals surface area contributed by atoms with E-state index in [0.29, 0.717) is 5.56 Å². The van der Waals surface area contributed by atoms with Crippen LogP contribution in [0.1, 0.15) is 10.8 Å². The summed E-state index contributed by atoms with van der Waals surface area (Å²) in [5.41, 5.74) is 0.488. The molecule has 1 heterocycles. The van der Waals surface area contributed by atoms with Crippen molar-refractivity contribution < 1.29 is 21.6 Å². The van der Waals surface area contributed by atoms with E-state index in [9.17, 15) is 16.8 Å². The maximum Gasteiger partial charge on any atom is 0.244 e. The molecule has 0 saturated heterocycles. The first-order valence-corrected chi connectivity index (χ1v) is 12.7. The van der Waals surface area contributed by atoms with Gasteiger partial charge in [0.2, 0.25) is 10.0 Å². The van der Waals surface area contributed by atoms with Gasteiger partial charge in [0.15, 0.2) is 9.84 Å². The number of thiophene rings is 1. The Morgan fingerprint density at radius 1 is 1.03 bits per heavy atom. The second-order valence-electron chi connectivity index (χ2n) is 6.02. The number of hydrogen-bond acceptors (Lipinski definition) is 6. The summed E-state index contributed by atoms with van der Waals surface area (Å²) in [4.78, 5) is -0.159. The molecule has 3 aromatic rings. The number of sulfone groups is 1. The molecule has 0 spiro atoms. The van der Waals surface area contributed by atoms with Gasteiger partial charge in [0.05, 0.1) is 7.11 Å². The van der Waals surface area contributed by atoms with Crippen LogP contribution >= 0.6 is 22.9 Å². The zero-order chi connectivity index (χ0) is 21.1. The van der Waals surface area contributed by atoms with Gasteiger partial charge >= 0.3 is 0 Å². The fraction of sp³-hybridized carbons (Fsp3) is 0.158. The molecule has 0 bridgehead atoms. The van der Waals surface area contributed by atoms with Gasteiger partial charge in [-0.1, -0.05) is 48.0 Å². The van der Waals surface area contributed by atoms with Crippen molar-refractivity contribution in [3.63, 3.8) is 0 Å². The van der Waals surface area contributed by atoms with Crippen LogP contribution in [0.4, 0.5) is 0 Å². The van der Waals surface area contributed by atoms with Gasteiger partial charge in [0, 0.05) is 11.6 Å². The van der Waals surface area contributed by atoms with Crippen molar-refractivity contribution in [2.45, 2.75) is 14.4 Å². The summed E-state index contributed by atoms with van der Waals surface area (Å²) >= 11 is 7.02. The molecule has 154 valence electrons. The molecule has 0 aliphatic heterocycles. The van der Waals surface area contributed by atoms with Gasteiger partial charge in [-0.05, 0) is 35.2 Å². The predicted molar refractivity (Wildman–Crippen MR) is 114 cm³/mol. The van der Waals surface area contributed by atoms with E-state index in [0.717, 1.165) is 11.3 Å². The molecule has 1 N–H and O–H groups in total. The Hall–Kier alpha value is -1.91. The fourth-order valence-corrected chi connectivity index (χ4v) is 7.21. The number of nitrogens with one attached hydrogen (secondary N) is 1. The average molecular weight is 472 g/mol. The van der Waals surface area contributed by atoms with Crippen molar-refractivity contribution in [1.82, 2.24) is 4.72 Å². The van der Waals surface area contributed by atoms with Crippen molar-refractivity contribution >= 4 is 42.8 Å². The number of rotatable bonds is 8. The van der Waals surface area contributed by atoms with Crippen molar-refractivity contribution in [3.05, 3.63) is 76.6 Å². The van der Waals surface area contributed by atoms with Gasteiger partial charge in [-0.15, -0.1) is 11.3 Å². The van der Waals surface area contributed by atoms with Gasteiger partial charge in [0.25, 0.3) is 0 Å². The Morgan fingerprint density at radius 3 is 2.38 bits per heavy atom. The monoisotopic (exact) mass is 471 g/mol. The van der Waals surface area contributed by atoms with Crippen LogP contribution in [0, 0.1) is 0 Å². The normalized spacial score (nSPS) is 13.2. The first-order chi connectivity index (χ1) is 13.8. The Balaban J connectivity index is 1.97. The zero-order valence-electron chi connectivity index (χ0n) is 15.3. The molecule has 3 rings (SSSR count). The van der Waals surface area contributed by atoms with Gasteiger partial charge in [-0.3, -0.25) is 0 Å². The van der Waals surface area contributed by atoms with Crippen LogP contribution in [0.3, 0.4) is 0 Å². The summed E-state index contributed by atoms with van der Waals surface area (Å²) < 4.78 is 59.7. The molecule has 29 heavy (non-hydrogen) atoms. The largest absolute Gasteiger partial charge is 0.495 e. The van der Waals surface area contributed by atoms with Crippen LogP contribution in [0.5, 0.6) is 5.75 Å². The number of methoxy groups -OCH3 is 1. The Labute approximate surface area is 179 Å². The van der Waals surface area contributed by atoms with Gasteiger partial charge in [-0.25, -0.2) is 21.6 Å². The van der Waals surface area contributed by atoms with Gasteiger partial charge in [-0.2, -0.15) is 0 Å². The van der Waals surface area contributed by atoms with E-state index < -0.39 is 25.1 Å². The first kappa shape index (κ1) is 21.8. The van der Waals surface area contributed by atoms with Crippen molar-refractivity contribution in [2.24, 2.45) is 0 Å². The molecule has 1 atom stereocenters. The number of hydrogen-bond donors (Lipinski definition) is 1. The smallest absolute Gasteiger partial charge is 0.244 e.